The van der Waals surface area contributed by atoms with Gasteiger partial charge in [-0.2, -0.15) is 0 Å². The van der Waals surface area contributed by atoms with E-state index in [-0.39, 0.29) is 29.4 Å². The summed E-state index contributed by atoms with van der Waals surface area (Å²) in [4.78, 5) is 25.8. The number of imide groups is 1. The summed E-state index contributed by atoms with van der Waals surface area (Å²) in [6, 6.07) is 13.1. The lowest BCUT2D eigenvalue weighted by Crippen LogP contribution is -2.30. The molecule has 1 aliphatic heterocycles. The molecule has 0 radical (unpaired) electrons. The van der Waals surface area contributed by atoms with E-state index < -0.39 is 6.03 Å². The number of hydrogen-bond donors (Lipinski definition) is 1. The minimum absolute atomic E-state index is 0.0506. The maximum Gasteiger partial charge on any atom is 0.329 e. The Morgan fingerprint density at radius 3 is 2.19 bits per heavy atom. The molecular weight excluding hydrogens is 331 g/mol. The molecule has 2 aromatic carbocycles. The zero-order chi connectivity index (χ0) is 18.9. The van der Waals surface area contributed by atoms with E-state index in [1.165, 1.54) is 17.7 Å². The normalized spacial score (nSPS) is 16.3. The van der Waals surface area contributed by atoms with Crippen LogP contribution in [0.5, 0.6) is 0 Å². The maximum absolute atomic E-state index is 13.0. The van der Waals surface area contributed by atoms with Crippen LogP contribution < -0.4 is 5.32 Å². The van der Waals surface area contributed by atoms with Gasteiger partial charge < -0.3 is 5.32 Å². The summed E-state index contributed by atoms with van der Waals surface area (Å²) in [5.74, 6) is -0.746. The predicted octanol–water partition coefficient (Wildman–Crippen LogP) is 4.22. The lowest BCUT2D eigenvalue weighted by Gasteiger charge is -2.18. The molecule has 0 aromatic heterocycles. The topological polar surface area (TPSA) is 49.4 Å². The molecule has 134 valence electrons. The first-order valence-corrected chi connectivity index (χ1v) is 8.43. The smallest absolute Gasteiger partial charge is 0.303 e. The molecule has 1 aliphatic rings. The highest BCUT2D eigenvalue weighted by Gasteiger charge is 2.33. The number of carbonyl (C=O) groups excluding carboxylic acids is 2. The van der Waals surface area contributed by atoms with Crippen LogP contribution in [0.4, 0.5) is 9.18 Å². The van der Waals surface area contributed by atoms with E-state index >= 15 is 0 Å². The number of carbonyl (C=O) groups is 2. The van der Waals surface area contributed by atoms with E-state index in [1.807, 2.05) is 24.3 Å². The second-order valence-electron chi connectivity index (χ2n) is 7.38. The number of hydrogen-bond acceptors (Lipinski definition) is 2. The highest BCUT2D eigenvalue weighted by molar-refractivity contribution is 6.13. The van der Waals surface area contributed by atoms with Crippen molar-refractivity contribution in [1.29, 1.82) is 0 Å². The standard InChI is InChI=1S/C21H21FN2O2/c1-21(2,3)16-8-4-14(5-9-16)12-18-19(25)24(20(26)23-18)13-15-6-10-17(22)11-7-15/h4-12H,13H2,1-3H3,(H,23,26)/b18-12+. The average Bonchev–Trinajstić information content (AvgIpc) is 2.84. The summed E-state index contributed by atoms with van der Waals surface area (Å²) in [7, 11) is 0. The zero-order valence-electron chi connectivity index (χ0n) is 15.0. The van der Waals surface area contributed by atoms with E-state index in [2.05, 4.69) is 26.1 Å². The largest absolute Gasteiger partial charge is 0.329 e. The first-order chi connectivity index (χ1) is 12.2. The third kappa shape index (κ3) is 3.82. The van der Waals surface area contributed by atoms with Crippen molar-refractivity contribution in [2.45, 2.75) is 32.7 Å². The molecule has 0 aliphatic carbocycles. The monoisotopic (exact) mass is 352 g/mol. The van der Waals surface area contributed by atoms with Crippen molar-refractivity contribution < 1.29 is 14.0 Å². The first kappa shape index (κ1) is 17.9. The van der Waals surface area contributed by atoms with Crippen LogP contribution in [-0.4, -0.2) is 16.8 Å². The molecule has 0 unspecified atom stereocenters. The van der Waals surface area contributed by atoms with Crippen molar-refractivity contribution in [2.75, 3.05) is 0 Å². The minimum Gasteiger partial charge on any atom is -0.303 e. The van der Waals surface area contributed by atoms with Crippen molar-refractivity contribution in [2.24, 2.45) is 0 Å². The molecule has 2 aromatic rings. The molecule has 1 heterocycles. The van der Waals surface area contributed by atoms with Gasteiger partial charge in [0.05, 0.1) is 6.54 Å². The second kappa shape index (κ2) is 6.75. The zero-order valence-corrected chi connectivity index (χ0v) is 15.0. The fourth-order valence-electron chi connectivity index (χ4n) is 2.73. The number of urea groups is 1. The number of amides is 3. The summed E-state index contributed by atoms with van der Waals surface area (Å²) in [5, 5.41) is 2.60. The van der Waals surface area contributed by atoms with Gasteiger partial charge in [0.15, 0.2) is 0 Å². The van der Waals surface area contributed by atoms with E-state index in [0.29, 0.717) is 5.56 Å². The van der Waals surface area contributed by atoms with Crippen molar-refractivity contribution in [3.63, 3.8) is 0 Å². The Labute approximate surface area is 152 Å². The van der Waals surface area contributed by atoms with E-state index in [4.69, 9.17) is 0 Å². The highest BCUT2D eigenvalue weighted by Crippen LogP contribution is 2.23. The van der Waals surface area contributed by atoms with Gasteiger partial charge in [-0.25, -0.2) is 9.18 Å². The molecule has 3 rings (SSSR count). The van der Waals surface area contributed by atoms with Gasteiger partial charge in [-0.1, -0.05) is 57.2 Å². The van der Waals surface area contributed by atoms with Gasteiger partial charge in [0, 0.05) is 0 Å². The summed E-state index contributed by atoms with van der Waals surface area (Å²) >= 11 is 0. The Balaban J connectivity index is 1.77. The van der Waals surface area contributed by atoms with Crippen LogP contribution in [0.25, 0.3) is 6.08 Å². The predicted molar refractivity (Wildman–Crippen MR) is 98.6 cm³/mol. The molecule has 26 heavy (non-hydrogen) atoms. The molecular formula is C21H21FN2O2. The van der Waals surface area contributed by atoms with Gasteiger partial charge in [-0.15, -0.1) is 0 Å². The summed E-state index contributed by atoms with van der Waals surface area (Å²) in [6.45, 7) is 6.50. The number of nitrogens with zero attached hydrogens (tertiary/aromatic N) is 1. The molecule has 0 bridgehead atoms. The Morgan fingerprint density at radius 2 is 1.62 bits per heavy atom. The van der Waals surface area contributed by atoms with E-state index in [0.717, 1.165) is 10.5 Å². The Kier molecular flexibility index (Phi) is 4.64. The van der Waals surface area contributed by atoms with Gasteiger partial charge >= 0.3 is 6.03 Å². The fraction of sp³-hybridized carbons (Fsp3) is 0.238. The number of rotatable bonds is 3. The van der Waals surface area contributed by atoms with Crippen molar-refractivity contribution in [1.82, 2.24) is 10.2 Å². The van der Waals surface area contributed by atoms with Crippen LogP contribution in [-0.2, 0) is 16.8 Å². The van der Waals surface area contributed by atoms with Crippen molar-refractivity contribution >= 4 is 18.0 Å². The summed E-state index contributed by atoms with van der Waals surface area (Å²) in [5.41, 5.74) is 3.01. The molecule has 1 fully saturated rings. The maximum atomic E-state index is 13.0. The van der Waals surface area contributed by atoms with Crippen LogP contribution in [0.2, 0.25) is 0 Å². The number of halogens is 1. The second-order valence-corrected chi connectivity index (χ2v) is 7.38. The van der Waals surface area contributed by atoms with Crippen LogP contribution in [0.1, 0.15) is 37.5 Å². The molecule has 0 atom stereocenters. The van der Waals surface area contributed by atoms with Gasteiger partial charge in [0.25, 0.3) is 5.91 Å². The van der Waals surface area contributed by atoms with E-state index in [1.54, 1.807) is 18.2 Å². The average molecular weight is 352 g/mol. The number of benzene rings is 2. The van der Waals surface area contributed by atoms with Gasteiger partial charge in [-0.05, 0) is 40.3 Å². The number of nitrogens with one attached hydrogen (secondary N) is 1. The van der Waals surface area contributed by atoms with Crippen LogP contribution >= 0.6 is 0 Å². The summed E-state index contributed by atoms with van der Waals surface area (Å²) < 4.78 is 13.0. The SMILES string of the molecule is CC(C)(C)c1ccc(/C=C2/NC(=O)N(Cc3ccc(F)cc3)C2=O)cc1. The molecule has 3 amide bonds. The van der Waals surface area contributed by atoms with Crippen LogP contribution in [0, 0.1) is 5.82 Å². The van der Waals surface area contributed by atoms with Gasteiger partial charge in [-0.3, -0.25) is 9.69 Å². The quantitative estimate of drug-likeness (QED) is 0.664. The van der Waals surface area contributed by atoms with E-state index in [9.17, 15) is 14.0 Å². The third-order valence-electron chi connectivity index (χ3n) is 4.30. The highest BCUT2D eigenvalue weighted by atomic mass is 19.1. The molecule has 0 spiro atoms. The van der Waals surface area contributed by atoms with Crippen molar-refractivity contribution in [3.8, 4) is 0 Å². The molecule has 1 saturated heterocycles. The minimum atomic E-state index is -0.475. The lowest BCUT2D eigenvalue weighted by atomic mass is 9.87. The third-order valence-corrected chi connectivity index (χ3v) is 4.30. The Bertz CT molecular complexity index is 862. The van der Waals surface area contributed by atoms with Crippen LogP contribution in [0.3, 0.4) is 0 Å². The van der Waals surface area contributed by atoms with Gasteiger partial charge in [0.1, 0.15) is 11.5 Å². The fourth-order valence-corrected chi connectivity index (χ4v) is 2.73. The Hall–Kier alpha value is -2.95. The molecule has 5 heteroatoms. The first-order valence-electron chi connectivity index (χ1n) is 8.43. The Morgan fingerprint density at radius 1 is 1.00 bits per heavy atom. The molecule has 0 saturated carbocycles. The lowest BCUT2D eigenvalue weighted by molar-refractivity contribution is -0.123. The summed E-state index contributed by atoms with van der Waals surface area (Å²) in [6.07, 6.45) is 1.66. The van der Waals surface area contributed by atoms with Crippen molar-refractivity contribution in [3.05, 3.63) is 76.7 Å². The van der Waals surface area contributed by atoms with Crippen LogP contribution in [0.15, 0.2) is 54.2 Å². The molecule has 4 nitrogen and oxygen atoms in total. The van der Waals surface area contributed by atoms with Gasteiger partial charge in [0.2, 0.25) is 0 Å². The molecule has 1 N–H and O–H groups in total.